The summed E-state index contributed by atoms with van der Waals surface area (Å²) in [5.41, 5.74) is 0. The normalized spacial score (nSPS) is 19.4. The second-order valence-corrected chi connectivity index (χ2v) is 3.93. The Bertz CT molecular complexity index is 353. The van der Waals surface area contributed by atoms with E-state index in [1.165, 1.54) is 23.9 Å². The molecule has 2 rings (SSSR count). The zero-order valence-electron chi connectivity index (χ0n) is 8.80. The molecule has 0 unspecified atom stereocenters. The van der Waals surface area contributed by atoms with E-state index >= 15 is 0 Å². The highest BCUT2D eigenvalue weighted by Crippen LogP contribution is 2.25. The van der Waals surface area contributed by atoms with E-state index in [1.54, 1.807) is 6.92 Å². The first-order chi connectivity index (χ1) is 7.33. The number of hydrogen-bond donors (Lipinski definition) is 1. The predicted molar refractivity (Wildman–Crippen MR) is 53.7 cm³/mol. The minimum atomic E-state index is 0.283. The van der Waals surface area contributed by atoms with Crippen LogP contribution in [0.4, 0.5) is 0 Å². The fraction of sp³-hybridized carbons (Fsp3) is 0.778. The summed E-state index contributed by atoms with van der Waals surface area (Å²) in [6.07, 6.45) is 5.75. The molecule has 1 fully saturated rings. The van der Waals surface area contributed by atoms with E-state index in [4.69, 9.17) is 5.21 Å². The van der Waals surface area contributed by atoms with Crippen LogP contribution < -0.4 is 0 Å². The molecule has 1 aliphatic rings. The topological polar surface area (TPSA) is 76.2 Å². The van der Waals surface area contributed by atoms with Gasteiger partial charge in [-0.3, -0.25) is 0 Å². The van der Waals surface area contributed by atoms with E-state index in [2.05, 4.69) is 20.7 Å². The molecule has 1 saturated carbocycles. The van der Waals surface area contributed by atoms with Crippen LogP contribution in [-0.2, 0) is 0 Å². The average molecular weight is 209 g/mol. The van der Waals surface area contributed by atoms with Gasteiger partial charge in [-0.1, -0.05) is 24.4 Å². The van der Waals surface area contributed by atoms with Gasteiger partial charge in [-0.25, -0.2) is 0 Å². The first-order valence-corrected chi connectivity index (χ1v) is 5.30. The first-order valence-electron chi connectivity index (χ1n) is 5.30. The van der Waals surface area contributed by atoms with Crippen molar-refractivity contribution in [3.8, 4) is 0 Å². The van der Waals surface area contributed by atoms with Crippen molar-refractivity contribution in [1.82, 2.24) is 20.2 Å². The smallest absolute Gasteiger partial charge is 0.175 e. The second kappa shape index (κ2) is 4.37. The average Bonchev–Trinajstić information content (AvgIpc) is 2.68. The van der Waals surface area contributed by atoms with E-state index in [0.29, 0.717) is 11.7 Å². The molecule has 82 valence electrons. The lowest BCUT2D eigenvalue weighted by Crippen LogP contribution is -2.27. The van der Waals surface area contributed by atoms with Gasteiger partial charge < -0.3 is 5.21 Å². The van der Waals surface area contributed by atoms with Crippen molar-refractivity contribution in [2.45, 2.75) is 39.0 Å². The van der Waals surface area contributed by atoms with Crippen molar-refractivity contribution in [2.75, 3.05) is 0 Å². The Kier molecular flexibility index (Phi) is 2.94. The van der Waals surface area contributed by atoms with E-state index in [-0.39, 0.29) is 5.92 Å². The highest BCUT2D eigenvalue weighted by molar-refractivity contribution is 5.85. The molecule has 1 aromatic heterocycles. The van der Waals surface area contributed by atoms with Gasteiger partial charge >= 0.3 is 0 Å². The number of aromatic nitrogens is 4. The van der Waals surface area contributed by atoms with Crippen molar-refractivity contribution < 1.29 is 5.21 Å². The summed E-state index contributed by atoms with van der Waals surface area (Å²) in [6.45, 7) is 1.80. The molecular formula is C9H15N5O. The predicted octanol–water partition coefficient (Wildman–Crippen LogP) is 1.20. The van der Waals surface area contributed by atoms with Gasteiger partial charge in [0.1, 0.15) is 0 Å². The van der Waals surface area contributed by atoms with Crippen LogP contribution in [0.5, 0.6) is 0 Å². The van der Waals surface area contributed by atoms with Gasteiger partial charge in [0.25, 0.3) is 0 Å². The van der Waals surface area contributed by atoms with Gasteiger partial charge in [0.2, 0.25) is 0 Å². The SMILES string of the molecule is Cc1nnnn1/C(=N\O)C1CCCCC1. The molecule has 15 heavy (non-hydrogen) atoms. The van der Waals surface area contributed by atoms with Crippen molar-refractivity contribution in [3.63, 3.8) is 0 Å². The zero-order valence-corrected chi connectivity index (χ0v) is 8.80. The van der Waals surface area contributed by atoms with Gasteiger partial charge in [-0.15, -0.1) is 5.10 Å². The van der Waals surface area contributed by atoms with Crippen LogP contribution in [0, 0.1) is 12.8 Å². The molecular weight excluding hydrogens is 194 g/mol. The van der Waals surface area contributed by atoms with Crippen LogP contribution in [0.2, 0.25) is 0 Å². The second-order valence-electron chi connectivity index (χ2n) is 3.93. The van der Waals surface area contributed by atoms with Gasteiger partial charge in [0, 0.05) is 5.92 Å². The molecule has 0 radical (unpaired) electrons. The Balaban J connectivity index is 2.21. The Morgan fingerprint density at radius 1 is 1.40 bits per heavy atom. The van der Waals surface area contributed by atoms with Crippen molar-refractivity contribution in [1.29, 1.82) is 0 Å². The molecule has 0 saturated heterocycles. The minimum Gasteiger partial charge on any atom is -0.409 e. The molecule has 0 spiro atoms. The van der Waals surface area contributed by atoms with Crippen molar-refractivity contribution in [3.05, 3.63) is 5.82 Å². The minimum absolute atomic E-state index is 0.283. The van der Waals surface area contributed by atoms with Crippen LogP contribution >= 0.6 is 0 Å². The summed E-state index contributed by atoms with van der Waals surface area (Å²) >= 11 is 0. The van der Waals surface area contributed by atoms with Gasteiger partial charge in [0.15, 0.2) is 11.7 Å². The number of aryl methyl sites for hydroxylation is 1. The molecule has 1 aliphatic carbocycles. The summed E-state index contributed by atoms with van der Waals surface area (Å²) in [6, 6.07) is 0. The highest BCUT2D eigenvalue weighted by Gasteiger charge is 2.23. The number of hydrogen-bond acceptors (Lipinski definition) is 5. The molecule has 6 heteroatoms. The largest absolute Gasteiger partial charge is 0.409 e. The lowest BCUT2D eigenvalue weighted by atomic mass is 9.88. The van der Waals surface area contributed by atoms with Crippen LogP contribution in [-0.4, -0.2) is 31.3 Å². The molecule has 1 heterocycles. The van der Waals surface area contributed by atoms with Crippen molar-refractivity contribution >= 4 is 5.84 Å². The Labute approximate surface area is 88.0 Å². The maximum Gasteiger partial charge on any atom is 0.175 e. The third kappa shape index (κ3) is 1.98. The molecule has 1 aromatic rings. The maximum atomic E-state index is 9.05. The lowest BCUT2D eigenvalue weighted by Gasteiger charge is -2.21. The summed E-state index contributed by atoms with van der Waals surface area (Å²) < 4.78 is 1.52. The third-order valence-electron chi connectivity index (χ3n) is 2.92. The Hall–Kier alpha value is -1.46. The number of tetrazole rings is 1. The van der Waals surface area contributed by atoms with E-state index < -0.39 is 0 Å². The molecule has 0 atom stereocenters. The summed E-state index contributed by atoms with van der Waals surface area (Å²) in [7, 11) is 0. The maximum absolute atomic E-state index is 9.05. The van der Waals surface area contributed by atoms with Gasteiger partial charge in [0.05, 0.1) is 0 Å². The molecule has 1 N–H and O–H groups in total. The molecule has 6 nitrogen and oxygen atoms in total. The molecule has 0 aliphatic heterocycles. The van der Waals surface area contributed by atoms with E-state index in [0.717, 1.165) is 12.8 Å². The molecule has 0 amide bonds. The first kappa shape index (κ1) is 10.1. The molecule has 0 bridgehead atoms. The zero-order chi connectivity index (χ0) is 10.7. The standard InChI is InChI=1S/C9H15N5O/c1-7-10-12-13-14(7)9(11-15)8-5-3-2-4-6-8/h8,15H,2-6H2,1H3/b11-9-. The monoisotopic (exact) mass is 209 g/mol. The van der Waals surface area contributed by atoms with Crippen LogP contribution in [0.15, 0.2) is 5.16 Å². The molecule has 0 aromatic carbocycles. The highest BCUT2D eigenvalue weighted by atomic mass is 16.4. The Morgan fingerprint density at radius 3 is 2.67 bits per heavy atom. The number of nitrogens with zero attached hydrogens (tertiary/aromatic N) is 5. The van der Waals surface area contributed by atoms with Crippen LogP contribution in [0.1, 0.15) is 37.9 Å². The fourth-order valence-electron chi connectivity index (χ4n) is 2.10. The third-order valence-corrected chi connectivity index (χ3v) is 2.92. The van der Waals surface area contributed by atoms with E-state index in [1.807, 2.05) is 0 Å². The van der Waals surface area contributed by atoms with Crippen LogP contribution in [0.25, 0.3) is 0 Å². The Morgan fingerprint density at radius 2 is 2.13 bits per heavy atom. The summed E-state index contributed by atoms with van der Waals surface area (Å²) in [5.74, 6) is 1.52. The van der Waals surface area contributed by atoms with Gasteiger partial charge in [-0.2, -0.15) is 4.68 Å². The van der Waals surface area contributed by atoms with Crippen molar-refractivity contribution in [2.24, 2.45) is 11.1 Å². The van der Waals surface area contributed by atoms with Crippen LogP contribution in [0.3, 0.4) is 0 Å². The summed E-state index contributed by atoms with van der Waals surface area (Å²) in [4.78, 5) is 0. The quantitative estimate of drug-likeness (QED) is 0.326. The number of oxime groups is 1. The van der Waals surface area contributed by atoms with Gasteiger partial charge in [-0.05, 0) is 30.2 Å². The van der Waals surface area contributed by atoms with E-state index in [9.17, 15) is 0 Å². The fourth-order valence-corrected chi connectivity index (χ4v) is 2.10. The summed E-state index contributed by atoms with van der Waals surface area (Å²) in [5, 5.41) is 23.6. The lowest BCUT2D eigenvalue weighted by molar-refractivity contribution is 0.304. The number of rotatable bonds is 1.